The van der Waals surface area contributed by atoms with Crippen molar-refractivity contribution in [2.24, 2.45) is 9.98 Å². The standard InChI is InChI=1S/C36H46N4O4.C12H16O4.C11H19N3O.C8H8O4.C2H5I.CH2O3.2K.Na.O3S.2H/c1-7-41-35-23-30(34-20-26-12-14-28(22-32(26)38-34)44-18-10-16-40(5)6)36(42-8-2)24-29(35)33-19-25-11-13-27(21-31(25)37-33)43-17-9-15-39(3)4;1-4-15-10-7-11(14-3)12(16-5-2)6-9(10)8-13;1-14(2)6-3-7-15-9-4-5-10(12)11(13)8-9;1-12-8-3-6(10)5(4-9)2-7(8)11;1-2-3;2-1-4-3;;;;1-4(2)3;;/h11-14,21-24H,7-10,15-20H2,1-6H3;6-8H,4-5H2,1-3H3;4-5,8H,3,6-7,12-13H2,1-2H3;2-4,10-11H,1H3;2H2,1H3;1,3H;;;;;;/q;;;;;;3*+1;;2*-1/p-1. The average molecular weight is 1600 g/mol. The van der Waals surface area contributed by atoms with Crippen LogP contribution in [-0.2, 0) is 33.1 Å². The monoisotopic (exact) mass is 1600 g/mol. The number of ether oxygens (including phenoxy) is 9. The number of hydrogen-bond acceptors (Lipinski definition) is 26. The number of nitrogens with two attached hydrogens (primary N) is 2. The van der Waals surface area contributed by atoms with Gasteiger partial charge in [-0.1, -0.05) is 41.6 Å². The van der Waals surface area contributed by atoms with E-state index in [1.54, 1.807) is 31.4 Å². The quantitative estimate of drug-likeness (QED) is 0.00563. The summed E-state index contributed by atoms with van der Waals surface area (Å²) in [6.45, 7) is 16.9. The zero-order valence-electron chi connectivity index (χ0n) is 63.2. The van der Waals surface area contributed by atoms with Crippen LogP contribution in [0.3, 0.4) is 0 Å². The molecule has 6 aromatic rings. The number of fused-ring (bicyclic) bond motifs is 2. The minimum Gasteiger partial charge on any atom is -1.00 e. The van der Waals surface area contributed by atoms with Gasteiger partial charge in [0, 0.05) is 73.9 Å². The Hall–Kier alpha value is -4.67. The van der Waals surface area contributed by atoms with E-state index >= 15 is 0 Å². The number of methoxy groups -OCH3 is 2. The van der Waals surface area contributed by atoms with Crippen LogP contribution in [0.15, 0.2) is 101 Å². The first-order valence-corrected chi connectivity index (χ1v) is 33.8. The number of nitrogen functional groups attached to an aromatic ring is 2. The fraction of sp³-hybridized carbons (Fsp3) is 0.414. The van der Waals surface area contributed by atoms with E-state index in [0.717, 1.165) is 127 Å². The second-order valence-electron chi connectivity index (χ2n) is 21.5. The normalized spacial score (nSPS) is 10.8. The maximum absolute atomic E-state index is 10.9. The zero-order chi connectivity index (χ0) is 73.1. The molecule has 31 heteroatoms. The second kappa shape index (κ2) is 56.7. The number of anilines is 2. The van der Waals surface area contributed by atoms with Gasteiger partial charge < -0.3 is 92.0 Å². The molecule has 0 aliphatic carbocycles. The molecule has 0 bridgehead atoms. The van der Waals surface area contributed by atoms with Crippen molar-refractivity contribution in [2.75, 3.05) is 138 Å². The summed E-state index contributed by atoms with van der Waals surface area (Å²) in [4.78, 5) is 48.9. The van der Waals surface area contributed by atoms with E-state index in [1.807, 2.05) is 72.1 Å². The fourth-order valence-electron chi connectivity index (χ4n) is 8.92. The van der Waals surface area contributed by atoms with E-state index in [-0.39, 0.29) is 164 Å². The third-order valence-corrected chi connectivity index (χ3v) is 13.3. The Morgan fingerprint density at radius 1 is 0.515 bits per heavy atom. The van der Waals surface area contributed by atoms with Gasteiger partial charge in [0.2, 0.25) is 0 Å². The van der Waals surface area contributed by atoms with Gasteiger partial charge in [0.05, 0.1) is 106 Å². The van der Waals surface area contributed by atoms with E-state index in [9.17, 15) is 9.59 Å². The predicted molar refractivity (Wildman–Crippen MR) is 389 cm³/mol. The number of carbonyl (C=O) groups excluding carboxylic acids is 3. The Morgan fingerprint density at radius 3 is 1.25 bits per heavy atom. The van der Waals surface area contributed by atoms with Crippen LogP contribution < -0.4 is 192 Å². The smallest absolute Gasteiger partial charge is 1.00 e. The summed E-state index contributed by atoms with van der Waals surface area (Å²) in [6, 6.07) is 27.5. The number of phenols is 2. The SMILES string of the molecule is CCI.CCOc1cc(C2=Nc3cc(OCCCN(C)C)ccc3C2)c(OCC)cc1C1=Nc2cc(OCCCN(C)C)ccc2C1.CCOc1cc(OC)c(OCC)cc1C=O.CN(C)CCCOc1ccc(N)c(N)c1.COc1cc(O)c(C=O)cc1O.O=CO[O-].O=S(=O)=O.[H-].[H-].[K+].[K+].[Na+]. The average Bonchev–Trinajstić information content (AvgIpc) is 1.66. The molecule has 0 unspecified atom stereocenters. The van der Waals surface area contributed by atoms with Gasteiger partial charge in [-0.3, -0.25) is 24.4 Å². The molecular formula is C70H97IK2N7NaO19S. The molecule has 8 rings (SSSR count). The van der Waals surface area contributed by atoms with E-state index in [0.29, 0.717) is 86.7 Å². The van der Waals surface area contributed by atoms with Gasteiger partial charge in [-0.25, -0.2) is 0 Å². The van der Waals surface area contributed by atoms with E-state index in [1.165, 1.54) is 28.7 Å². The number of hydrogen-bond donors (Lipinski definition) is 4. The minimum absolute atomic E-state index is 0. The van der Waals surface area contributed by atoms with Crippen molar-refractivity contribution in [2.45, 2.75) is 66.7 Å². The maximum Gasteiger partial charge on any atom is 1.00 e. The Morgan fingerprint density at radius 2 is 0.891 bits per heavy atom. The molecular weight excluding hydrogens is 1500 g/mol. The number of phenolic OH excluding ortho intramolecular Hbond substituents is 2. The van der Waals surface area contributed by atoms with Crippen molar-refractivity contribution in [1.29, 1.82) is 0 Å². The molecule has 6 aromatic carbocycles. The fourth-order valence-corrected chi connectivity index (χ4v) is 8.92. The zero-order valence-corrected chi connectivity index (χ0v) is 72.4. The summed E-state index contributed by atoms with van der Waals surface area (Å²) in [5.74, 6) is 5.45. The van der Waals surface area contributed by atoms with E-state index < -0.39 is 10.6 Å². The molecule has 0 spiro atoms. The summed E-state index contributed by atoms with van der Waals surface area (Å²) in [6.07, 6.45) is 5.60. The van der Waals surface area contributed by atoms with E-state index in [2.05, 4.69) is 102 Å². The number of rotatable bonds is 30. The van der Waals surface area contributed by atoms with Crippen LogP contribution in [0, 0.1) is 0 Å². The van der Waals surface area contributed by atoms with Crippen LogP contribution in [-0.4, -0.2) is 195 Å². The van der Waals surface area contributed by atoms with Gasteiger partial charge in [0.1, 0.15) is 40.2 Å². The summed E-state index contributed by atoms with van der Waals surface area (Å²) in [5.41, 5.74) is 21.0. The second-order valence-corrected chi connectivity index (χ2v) is 23.4. The van der Waals surface area contributed by atoms with Crippen molar-refractivity contribution in [3.8, 4) is 63.2 Å². The van der Waals surface area contributed by atoms with Crippen LogP contribution in [0.25, 0.3) is 0 Å². The first-order chi connectivity index (χ1) is 46.9. The maximum atomic E-state index is 10.9. The molecule has 0 aromatic heterocycles. The first kappa shape index (κ1) is 98.4. The minimum atomic E-state index is -3.11. The predicted octanol–water partition coefficient (Wildman–Crippen LogP) is 1.01. The van der Waals surface area contributed by atoms with Crippen molar-refractivity contribution in [3.05, 3.63) is 124 Å². The summed E-state index contributed by atoms with van der Waals surface area (Å²) in [5, 5.41) is 26.7. The molecule has 542 valence electrons. The third kappa shape index (κ3) is 37.7. The molecule has 0 atom stereocenters. The number of aldehydes is 2. The van der Waals surface area contributed by atoms with Crippen LogP contribution in [0.5, 0.6) is 63.2 Å². The van der Waals surface area contributed by atoms with Crippen molar-refractivity contribution in [1.82, 2.24) is 14.7 Å². The largest absolute Gasteiger partial charge is 1.00 e. The molecule has 0 radical (unpaired) electrons. The van der Waals surface area contributed by atoms with Gasteiger partial charge in [0.25, 0.3) is 6.47 Å². The van der Waals surface area contributed by atoms with Crippen LogP contribution >= 0.6 is 22.6 Å². The Kier molecular flexibility index (Phi) is 55.2. The molecule has 0 fully saturated rings. The number of halogens is 1. The summed E-state index contributed by atoms with van der Waals surface area (Å²) >= 11 is 2.29. The van der Waals surface area contributed by atoms with Crippen LogP contribution in [0.2, 0.25) is 0 Å². The van der Waals surface area contributed by atoms with Crippen molar-refractivity contribution in [3.63, 3.8) is 0 Å². The van der Waals surface area contributed by atoms with Crippen LogP contribution in [0.4, 0.5) is 22.7 Å². The van der Waals surface area contributed by atoms with Crippen molar-refractivity contribution >= 4 is 86.4 Å². The van der Waals surface area contributed by atoms with Crippen molar-refractivity contribution < 1.29 is 225 Å². The van der Waals surface area contributed by atoms with Gasteiger partial charge in [-0.2, -0.15) is 0 Å². The first-order valence-electron chi connectivity index (χ1n) is 31.3. The number of alkyl halides is 1. The molecule has 0 saturated carbocycles. The number of benzene rings is 6. The third-order valence-electron chi connectivity index (χ3n) is 13.3. The summed E-state index contributed by atoms with van der Waals surface area (Å²) < 4.78 is 77.1. The molecule has 2 aliphatic heterocycles. The molecule has 2 aliphatic rings. The van der Waals surface area contributed by atoms with Gasteiger partial charge >= 0.3 is 143 Å². The van der Waals surface area contributed by atoms with Gasteiger partial charge in [-0.15, -0.1) is 12.6 Å². The molecule has 26 nitrogen and oxygen atoms in total. The molecule has 0 saturated heterocycles. The number of nitrogens with zero attached hydrogens (tertiary/aromatic N) is 5. The Labute approximate surface area is 719 Å². The van der Waals surface area contributed by atoms with Gasteiger partial charge in [0.15, 0.2) is 35.6 Å². The molecule has 0 amide bonds. The number of carbonyl (C=O) groups is 3. The molecule has 2 heterocycles. The number of aromatic hydroxyl groups is 2. The Balaban J connectivity index is -0.000000683. The van der Waals surface area contributed by atoms with Gasteiger partial charge in [-0.05, 0) is 153 Å². The van der Waals surface area contributed by atoms with Crippen LogP contribution in [0.1, 0.15) is 99.7 Å². The molecule has 6 N–H and O–H groups in total. The van der Waals surface area contributed by atoms with E-state index in [4.69, 9.17) is 97.0 Å². The topological polar surface area (TPSA) is 345 Å². The number of aliphatic imine (C=N–C) groups is 2. The Bertz CT molecular complexity index is 3510. The summed E-state index contributed by atoms with van der Waals surface area (Å²) in [7, 11) is 12.2. The molecule has 101 heavy (non-hydrogen) atoms.